The second-order valence-electron chi connectivity index (χ2n) is 6.65. The largest absolute Gasteiger partial charge is 0.356 e. The lowest BCUT2D eigenvalue weighted by Crippen LogP contribution is -2.44. The van der Waals surface area contributed by atoms with Crippen molar-refractivity contribution in [2.24, 2.45) is 5.41 Å². The number of nitrogens with one attached hydrogen (secondary N) is 2. The van der Waals surface area contributed by atoms with Gasteiger partial charge in [0.2, 0.25) is 5.91 Å². The van der Waals surface area contributed by atoms with E-state index in [2.05, 4.69) is 20.9 Å². The van der Waals surface area contributed by atoms with Crippen LogP contribution in [0.15, 0.2) is 30.3 Å². The van der Waals surface area contributed by atoms with Crippen LogP contribution in [-0.2, 0) is 4.79 Å². The molecule has 6 heteroatoms. The van der Waals surface area contributed by atoms with Gasteiger partial charge in [-0.05, 0) is 46.8 Å². The number of carbonyl (C=O) groups is 1. The van der Waals surface area contributed by atoms with E-state index < -0.39 is 5.41 Å². The van der Waals surface area contributed by atoms with Gasteiger partial charge in [-0.3, -0.25) is 4.79 Å². The molecule has 1 unspecified atom stereocenters. The Morgan fingerprint density at radius 1 is 1.29 bits per heavy atom. The van der Waals surface area contributed by atoms with Gasteiger partial charge in [0.15, 0.2) is 0 Å². The summed E-state index contributed by atoms with van der Waals surface area (Å²) in [5.41, 5.74) is 2.40. The van der Waals surface area contributed by atoms with Crippen molar-refractivity contribution < 1.29 is 4.79 Å². The van der Waals surface area contributed by atoms with E-state index in [0.29, 0.717) is 13.1 Å². The predicted molar refractivity (Wildman–Crippen MR) is 95.0 cm³/mol. The molecule has 0 spiro atoms. The van der Waals surface area contributed by atoms with Crippen molar-refractivity contribution >= 4 is 5.91 Å². The molecule has 1 heterocycles. The van der Waals surface area contributed by atoms with Crippen molar-refractivity contribution in [3.05, 3.63) is 41.7 Å². The van der Waals surface area contributed by atoms with E-state index in [0.717, 1.165) is 17.1 Å². The Morgan fingerprint density at radius 2 is 1.96 bits per heavy atom. The maximum Gasteiger partial charge on any atom is 0.226 e. The molecule has 2 aromatic rings. The molecule has 0 aliphatic rings. The Kier molecular flexibility index (Phi) is 5.72. The first-order valence-corrected chi connectivity index (χ1v) is 8.36. The molecule has 0 saturated carbocycles. The highest BCUT2D eigenvalue weighted by Crippen LogP contribution is 2.20. The highest BCUT2D eigenvalue weighted by molar-refractivity contribution is 5.81. The van der Waals surface area contributed by atoms with Crippen molar-refractivity contribution in [1.29, 1.82) is 0 Å². The van der Waals surface area contributed by atoms with Crippen LogP contribution in [-0.4, -0.2) is 34.0 Å². The molecule has 0 saturated heterocycles. The van der Waals surface area contributed by atoms with Crippen LogP contribution in [0.5, 0.6) is 0 Å². The topological polar surface area (TPSA) is 71.8 Å². The fraction of sp³-hybridized carbons (Fsp3) is 0.500. The number of carbonyl (C=O) groups excluding carboxylic acids is 1. The number of nitrogens with zero attached hydrogens (tertiary/aromatic N) is 3. The summed E-state index contributed by atoms with van der Waals surface area (Å²) in [7, 11) is 0. The summed E-state index contributed by atoms with van der Waals surface area (Å²) in [5, 5.41) is 14.9. The first-order chi connectivity index (χ1) is 11.4. The van der Waals surface area contributed by atoms with Crippen molar-refractivity contribution in [1.82, 2.24) is 25.6 Å². The maximum absolute atomic E-state index is 12.1. The molecule has 0 aliphatic heterocycles. The van der Waals surface area contributed by atoms with Crippen molar-refractivity contribution in [2.45, 2.75) is 40.7 Å². The molecular formula is C18H27N5O. The van der Waals surface area contributed by atoms with Gasteiger partial charge >= 0.3 is 0 Å². The quantitative estimate of drug-likeness (QED) is 0.818. The van der Waals surface area contributed by atoms with Gasteiger partial charge in [-0.25, -0.2) is 4.68 Å². The Balaban J connectivity index is 2.07. The first kappa shape index (κ1) is 18.1. The van der Waals surface area contributed by atoms with E-state index in [1.165, 1.54) is 0 Å². The second-order valence-corrected chi connectivity index (χ2v) is 6.65. The Labute approximate surface area is 143 Å². The minimum absolute atomic E-state index is 0.0103. The third-order valence-electron chi connectivity index (χ3n) is 4.14. The zero-order valence-corrected chi connectivity index (χ0v) is 15.1. The van der Waals surface area contributed by atoms with E-state index in [1.807, 2.05) is 69.6 Å². The van der Waals surface area contributed by atoms with Crippen molar-refractivity contribution in [3.8, 4) is 5.69 Å². The number of hydrogen-bond acceptors (Lipinski definition) is 4. The molecule has 1 atom stereocenters. The molecule has 1 aromatic carbocycles. The zero-order chi connectivity index (χ0) is 17.7. The number of benzene rings is 1. The van der Waals surface area contributed by atoms with Gasteiger partial charge in [0, 0.05) is 13.1 Å². The lowest BCUT2D eigenvalue weighted by Gasteiger charge is -2.25. The van der Waals surface area contributed by atoms with Crippen LogP contribution in [0, 0.1) is 12.3 Å². The minimum atomic E-state index is -0.479. The number of rotatable bonds is 7. The monoisotopic (exact) mass is 329 g/mol. The summed E-state index contributed by atoms with van der Waals surface area (Å²) in [6.07, 6.45) is 0. The average molecular weight is 329 g/mol. The predicted octanol–water partition coefficient (Wildman–Crippen LogP) is 2.39. The van der Waals surface area contributed by atoms with Crippen LogP contribution in [0.1, 0.15) is 45.1 Å². The van der Waals surface area contributed by atoms with Gasteiger partial charge in [-0.1, -0.05) is 23.4 Å². The number of aromatic nitrogens is 3. The lowest BCUT2D eigenvalue weighted by molar-refractivity contribution is -0.129. The SMILES string of the molecule is CCNC(=O)C(C)(C)CNC(C)c1nnn(-c2ccccc2)c1C. The van der Waals surface area contributed by atoms with E-state index in [9.17, 15) is 4.79 Å². The minimum Gasteiger partial charge on any atom is -0.356 e. The summed E-state index contributed by atoms with van der Waals surface area (Å²) in [6, 6.07) is 9.95. The molecule has 1 aromatic heterocycles. The van der Waals surface area contributed by atoms with Crippen molar-refractivity contribution in [2.75, 3.05) is 13.1 Å². The van der Waals surface area contributed by atoms with E-state index in [1.54, 1.807) is 0 Å². The van der Waals surface area contributed by atoms with Gasteiger partial charge in [0.25, 0.3) is 0 Å². The second kappa shape index (κ2) is 7.57. The van der Waals surface area contributed by atoms with E-state index in [-0.39, 0.29) is 11.9 Å². The average Bonchev–Trinajstić information content (AvgIpc) is 2.95. The smallest absolute Gasteiger partial charge is 0.226 e. The molecule has 6 nitrogen and oxygen atoms in total. The summed E-state index contributed by atoms with van der Waals surface area (Å²) in [4.78, 5) is 12.1. The molecule has 24 heavy (non-hydrogen) atoms. The van der Waals surface area contributed by atoms with Gasteiger partial charge in [-0.15, -0.1) is 5.10 Å². The zero-order valence-electron chi connectivity index (χ0n) is 15.1. The first-order valence-electron chi connectivity index (χ1n) is 8.36. The van der Waals surface area contributed by atoms with Crippen LogP contribution >= 0.6 is 0 Å². The summed E-state index contributed by atoms with van der Waals surface area (Å²) >= 11 is 0. The van der Waals surface area contributed by atoms with E-state index >= 15 is 0 Å². The molecule has 2 N–H and O–H groups in total. The van der Waals surface area contributed by atoms with Crippen LogP contribution in [0.25, 0.3) is 5.69 Å². The van der Waals surface area contributed by atoms with Gasteiger partial charge in [0.1, 0.15) is 5.69 Å². The fourth-order valence-electron chi connectivity index (χ4n) is 2.54. The van der Waals surface area contributed by atoms with Crippen LogP contribution in [0.2, 0.25) is 0 Å². The summed E-state index contributed by atoms with van der Waals surface area (Å²) in [6.45, 7) is 11.1. The highest BCUT2D eigenvalue weighted by Gasteiger charge is 2.28. The van der Waals surface area contributed by atoms with Gasteiger partial charge in [0.05, 0.1) is 22.8 Å². The Hall–Kier alpha value is -2.21. The Morgan fingerprint density at radius 3 is 2.58 bits per heavy atom. The molecule has 0 bridgehead atoms. The van der Waals surface area contributed by atoms with Crippen LogP contribution < -0.4 is 10.6 Å². The van der Waals surface area contributed by atoms with Crippen molar-refractivity contribution in [3.63, 3.8) is 0 Å². The molecule has 0 radical (unpaired) electrons. The number of amides is 1. The lowest BCUT2D eigenvalue weighted by atomic mass is 9.91. The van der Waals surface area contributed by atoms with Crippen LogP contribution in [0.3, 0.4) is 0 Å². The van der Waals surface area contributed by atoms with Crippen LogP contribution in [0.4, 0.5) is 0 Å². The normalized spacial score (nSPS) is 12.9. The number of para-hydroxylation sites is 1. The third kappa shape index (κ3) is 4.00. The van der Waals surface area contributed by atoms with Gasteiger partial charge < -0.3 is 10.6 Å². The third-order valence-corrected chi connectivity index (χ3v) is 4.14. The molecule has 1 amide bonds. The molecule has 130 valence electrons. The highest BCUT2D eigenvalue weighted by atomic mass is 16.2. The molecular weight excluding hydrogens is 302 g/mol. The maximum atomic E-state index is 12.1. The standard InChI is InChI=1S/C18H27N5O/c1-6-19-17(24)18(4,5)12-20-13(2)16-14(3)23(22-21-16)15-10-8-7-9-11-15/h7-11,13,20H,6,12H2,1-5H3,(H,19,24). The summed E-state index contributed by atoms with van der Waals surface area (Å²) in [5.74, 6) is 0.0503. The number of hydrogen-bond donors (Lipinski definition) is 2. The Bertz CT molecular complexity index is 678. The summed E-state index contributed by atoms with van der Waals surface area (Å²) < 4.78 is 1.84. The molecule has 2 rings (SSSR count). The fourth-order valence-corrected chi connectivity index (χ4v) is 2.54. The van der Waals surface area contributed by atoms with Gasteiger partial charge in [-0.2, -0.15) is 0 Å². The van der Waals surface area contributed by atoms with E-state index in [4.69, 9.17) is 0 Å². The molecule has 0 fully saturated rings. The molecule has 0 aliphatic carbocycles.